The second kappa shape index (κ2) is 3.63. The zero-order chi connectivity index (χ0) is 9.42. The molecule has 6 heteroatoms. The minimum atomic E-state index is -0.488. The molecular weight excluding hydrogens is 204 g/mol. The molecule has 0 fully saturated rings. The van der Waals surface area contributed by atoms with Crippen molar-refractivity contribution in [1.82, 2.24) is 14.6 Å². The van der Waals surface area contributed by atoms with Gasteiger partial charge in [0.25, 0.3) is 5.91 Å². The molecule has 2 aromatic heterocycles. The molecule has 0 saturated carbocycles. The van der Waals surface area contributed by atoms with Crippen LogP contribution in [0.2, 0.25) is 0 Å². The topological polar surface area (TPSA) is 73.3 Å². The van der Waals surface area contributed by atoms with E-state index in [-0.39, 0.29) is 12.4 Å². The number of amides is 1. The fourth-order valence-corrected chi connectivity index (χ4v) is 1.20. The normalized spacial score (nSPS) is 9.79. The van der Waals surface area contributed by atoms with Gasteiger partial charge < -0.3 is 5.73 Å². The predicted molar refractivity (Wildman–Crippen MR) is 53.5 cm³/mol. The number of rotatable bonds is 1. The first kappa shape index (κ1) is 10.5. The molecule has 14 heavy (non-hydrogen) atoms. The lowest BCUT2D eigenvalue weighted by molar-refractivity contribution is 0.100. The molecule has 0 aromatic carbocycles. The van der Waals surface area contributed by atoms with Gasteiger partial charge in [-0.1, -0.05) is 0 Å². The van der Waals surface area contributed by atoms with Gasteiger partial charge in [0.2, 0.25) is 0 Å². The number of imidazole rings is 1. The van der Waals surface area contributed by atoms with E-state index in [0.29, 0.717) is 11.2 Å². The third-order valence-corrected chi connectivity index (χ3v) is 1.75. The summed E-state index contributed by atoms with van der Waals surface area (Å²) in [5.74, 6) is -0.488. The molecule has 0 aliphatic heterocycles. The number of nitrogens with two attached hydrogens (primary N) is 1. The minimum absolute atomic E-state index is 0. The number of halogens is 1. The van der Waals surface area contributed by atoms with Gasteiger partial charge in [-0.2, -0.15) is 5.10 Å². The molecule has 0 saturated heterocycles. The summed E-state index contributed by atoms with van der Waals surface area (Å²) >= 11 is 0. The Labute approximate surface area is 86.3 Å². The Morgan fingerprint density at radius 3 is 2.93 bits per heavy atom. The summed E-state index contributed by atoms with van der Waals surface area (Å²) in [4.78, 5) is 15.1. The van der Waals surface area contributed by atoms with E-state index >= 15 is 0 Å². The van der Waals surface area contributed by atoms with Gasteiger partial charge in [-0.25, -0.2) is 9.50 Å². The van der Waals surface area contributed by atoms with Gasteiger partial charge in [-0.15, -0.1) is 12.4 Å². The van der Waals surface area contributed by atoms with Gasteiger partial charge in [0.05, 0.1) is 17.5 Å². The monoisotopic (exact) mass is 212 g/mol. The average Bonchev–Trinajstić information content (AvgIpc) is 2.43. The van der Waals surface area contributed by atoms with Crippen LogP contribution in [0.5, 0.6) is 0 Å². The van der Waals surface area contributed by atoms with Crippen LogP contribution >= 0.6 is 12.4 Å². The largest absolute Gasteiger partial charge is 0.365 e. The van der Waals surface area contributed by atoms with E-state index in [1.54, 1.807) is 12.3 Å². The Bertz CT molecular complexity index is 479. The van der Waals surface area contributed by atoms with Crippen LogP contribution in [0.25, 0.3) is 5.65 Å². The van der Waals surface area contributed by atoms with Crippen molar-refractivity contribution in [2.24, 2.45) is 5.73 Å². The van der Waals surface area contributed by atoms with Crippen LogP contribution in [-0.4, -0.2) is 20.5 Å². The van der Waals surface area contributed by atoms with Gasteiger partial charge in [-0.3, -0.25) is 4.79 Å². The van der Waals surface area contributed by atoms with Gasteiger partial charge in [0, 0.05) is 6.20 Å². The number of nitrogens with zero attached hydrogens (tertiary/aromatic N) is 3. The van der Waals surface area contributed by atoms with Crippen LogP contribution < -0.4 is 5.73 Å². The summed E-state index contributed by atoms with van der Waals surface area (Å²) in [7, 11) is 0. The molecule has 2 aromatic rings. The smallest absolute Gasteiger partial charge is 0.252 e. The Morgan fingerprint density at radius 2 is 2.29 bits per heavy atom. The molecule has 0 aliphatic rings. The highest BCUT2D eigenvalue weighted by molar-refractivity contribution is 5.98. The summed E-state index contributed by atoms with van der Waals surface area (Å²) in [5, 5.41) is 3.99. The lowest BCUT2D eigenvalue weighted by atomic mass is 10.3. The van der Waals surface area contributed by atoms with Crippen molar-refractivity contribution < 1.29 is 4.79 Å². The Balaban J connectivity index is 0.000000980. The Kier molecular flexibility index (Phi) is 2.71. The Morgan fingerprint density at radius 1 is 1.57 bits per heavy atom. The minimum Gasteiger partial charge on any atom is -0.365 e. The van der Waals surface area contributed by atoms with Crippen molar-refractivity contribution in [2.45, 2.75) is 6.92 Å². The fraction of sp³-hybridized carbons (Fsp3) is 0.125. The van der Waals surface area contributed by atoms with E-state index in [9.17, 15) is 4.79 Å². The number of fused-ring (bicyclic) bond motifs is 1. The molecular formula is C8H9ClN4O. The third-order valence-electron chi connectivity index (χ3n) is 1.75. The SMILES string of the molecule is Cc1cn2nccc(C(N)=O)c2n1.Cl. The van der Waals surface area contributed by atoms with Crippen LogP contribution in [0.15, 0.2) is 18.5 Å². The summed E-state index contributed by atoms with van der Waals surface area (Å²) in [6.45, 7) is 1.83. The molecule has 2 N–H and O–H groups in total. The maximum Gasteiger partial charge on any atom is 0.252 e. The first-order chi connectivity index (χ1) is 6.18. The molecule has 0 bridgehead atoms. The van der Waals surface area contributed by atoms with Crippen LogP contribution in [0.1, 0.15) is 16.1 Å². The van der Waals surface area contributed by atoms with Crippen molar-refractivity contribution in [3.05, 3.63) is 29.7 Å². The lowest BCUT2D eigenvalue weighted by Crippen LogP contribution is -2.13. The second-order valence-electron chi connectivity index (χ2n) is 2.76. The van der Waals surface area contributed by atoms with E-state index in [2.05, 4.69) is 10.1 Å². The van der Waals surface area contributed by atoms with Gasteiger partial charge in [0.1, 0.15) is 0 Å². The van der Waals surface area contributed by atoms with E-state index in [4.69, 9.17) is 5.73 Å². The highest BCUT2D eigenvalue weighted by atomic mass is 35.5. The van der Waals surface area contributed by atoms with Crippen LogP contribution in [-0.2, 0) is 0 Å². The van der Waals surface area contributed by atoms with Gasteiger partial charge in [-0.05, 0) is 13.0 Å². The number of carbonyl (C=O) groups excluding carboxylic acids is 1. The fourth-order valence-electron chi connectivity index (χ4n) is 1.20. The molecule has 5 nitrogen and oxygen atoms in total. The molecule has 1 amide bonds. The number of hydrogen-bond acceptors (Lipinski definition) is 3. The van der Waals surface area contributed by atoms with E-state index in [1.165, 1.54) is 10.7 Å². The molecule has 0 spiro atoms. The number of hydrogen-bond donors (Lipinski definition) is 1. The number of aromatic nitrogens is 3. The molecule has 2 rings (SSSR count). The molecule has 0 radical (unpaired) electrons. The average molecular weight is 213 g/mol. The number of aryl methyl sites for hydroxylation is 1. The maximum atomic E-state index is 11.0. The summed E-state index contributed by atoms with van der Waals surface area (Å²) < 4.78 is 1.54. The Hall–Kier alpha value is -1.62. The standard InChI is InChI=1S/C8H8N4O.ClH/c1-5-4-12-8(11-5)6(7(9)13)2-3-10-12;/h2-4H,1H3,(H2,9,13);1H. The van der Waals surface area contributed by atoms with Crippen molar-refractivity contribution in [3.63, 3.8) is 0 Å². The van der Waals surface area contributed by atoms with Crippen LogP contribution in [0.4, 0.5) is 0 Å². The van der Waals surface area contributed by atoms with E-state index in [1.807, 2.05) is 6.92 Å². The zero-order valence-electron chi connectivity index (χ0n) is 7.47. The van der Waals surface area contributed by atoms with E-state index < -0.39 is 5.91 Å². The molecule has 0 atom stereocenters. The first-order valence-corrected chi connectivity index (χ1v) is 3.79. The predicted octanol–water partition coefficient (Wildman–Crippen LogP) is 0.558. The van der Waals surface area contributed by atoms with Gasteiger partial charge >= 0.3 is 0 Å². The molecule has 0 aliphatic carbocycles. The number of primary amides is 1. The van der Waals surface area contributed by atoms with Crippen molar-refractivity contribution in [1.29, 1.82) is 0 Å². The third kappa shape index (κ3) is 1.54. The zero-order valence-corrected chi connectivity index (χ0v) is 8.28. The first-order valence-electron chi connectivity index (χ1n) is 3.79. The van der Waals surface area contributed by atoms with Crippen LogP contribution in [0.3, 0.4) is 0 Å². The maximum absolute atomic E-state index is 11.0. The molecule has 2 heterocycles. The van der Waals surface area contributed by atoms with Gasteiger partial charge in [0.15, 0.2) is 5.65 Å². The van der Waals surface area contributed by atoms with Crippen molar-refractivity contribution in [2.75, 3.05) is 0 Å². The lowest BCUT2D eigenvalue weighted by Gasteiger charge is -1.96. The molecule has 74 valence electrons. The van der Waals surface area contributed by atoms with Crippen LogP contribution in [0, 0.1) is 6.92 Å². The second-order valence-corrected chi connectivity index (χ2v) is 2.76. The van der Waals surface area contributed by atoms with Crippen molar-refractivity contribution >= 4 is 24.0 Å². The molecule has 0 unspecified atom stereocenters. The summed E-state index contributed by atoms with van der Waals surface area (Å²) in [6.07, 6.45) is 3.26. The number of carbonyl (C=O) groups is 1. The summed E-state index contributed by atoms with van der Waals surface area (Å²) in [6, 6.07) is 1.56. The highest BCUT2D eigenvalue weighted by Crippen LogP contribution is 2.07. The van der Waals surface area contributed by atoms with E-state index in [0.717, 1.165) is 5.69 Å². The summed E-state index contributed by atoms with van der Waals surface area (Å²) in [5.41, 5.74) is 6.87. The quantitative estimate of drug-likeness (QED) is 0.751. The highest BCUT2D eigenvalue weighted by Gasteiger charge is 2.08. The van der Waals surface area contributed by atoms with Crippen molar-refractivity contribution in [3.8, 4) is 0 Å².